The molecule has 0 aliphatic heterocycles. The van der Waals surface area contributed by atoms with Crippen molar-refractivity contribution in [1.29, 1.82) is 0 Å². The molecule has 2 aromatic rings. The van der Waals surface area contributed by atoms with E-state index in [0.717, 1.165) is 15.9 Å². The average Bonchev–Trinajstić information content (AvgIpc) is 2.68. The highest BCUT2D eigenvalue weighted by Crippen LogP contribution is 2.29. The minimum Gasteiger partial charge on any atom is -0.383 e. The molecule has 90 valence electrons. The summed E-state index contributed by atoms with van der Waals surface area (Å²) in [6, 6.07) is 0. The molecule has 0 bridgehead atoms. The van der Waals surface area contributed by atoms with Crippen LogP contribution in [0.2, 0.25) is 0 Å². The van der Waals surface area contributed by atoms with E-state index in [9.17, 15) is 0 Å². The maximum Gasteiger partial charge on any atom is 0.180 e. The van der Waals surface area contributed by atoms with Gasteiger partial charge in [-0.2, -0.15) is 0 Å². The molecule has 6 heteroatoms. The first-order valence-corrected chi connectivity index (χ1v) is 6.09. The van der Waals surface area contributed by atoms with Crippen molar-refractivity contribution in [2.24, 2.45) is 7.05 Å². The molecule has 17 heavy (non-hydrogen) atoms. The van der Waals surface area contributed by atoms with Crippen LogP contribution >= 0.6 is 15.9 Å². The molecular formula is C11H14BrN5. The largest absolute Gasteiger partial charge is 0.383 e. The van der Waals surface area contributed by atoms with Crippen molar-refractivity contribution < 1.29 is 0 Å². The first kappa shape index (κ1) is 12.0. The second-order valence-electron chi connectivity index (χ2n) is 4.18. The van der Waals surface area contributed by atoms with Crippen LogP contribution in [0.15, 0.2) is 17.0 Å². The van der Waals surface area contributed by atoms with Gasteiger partial charge in [0.2, 0.25) is 0 Å². The summed E-state index contributed by atoms with van der Waals surface area (Å²) >= 11 is 3.42. The topological polar surface area (TPSA) is 69.6 Å². The predicted octanol–water partition coefficient (Wildman–Crippen LogP) is 2.35. The lowest BCUT2D eigenvalue weighted by atomic mass is 10.1. The maximum absolute atomic E-state index is 5.89. The Labute approximate surface area is 108 Å². The summed E-state index contributed by atoms with van der Waals surface area (Å²) in [6.07, 6.45) is 3.44. The van der Waals surface area contributed by atoms with Gasteiger partial charge in [-0.15, -0.1) is 0 Å². The molecule has 0 fully saturated rings. The second kappa shape index (κ2) is 4.44. The van der Waals surface area contributed by atoms with Gasteiger partial charge in [-0.1, -0.05) is 13.8 Å². The fraction of sp³-hybridized carbons (Fsp3) is 0.364. The monoisotopic (exact) mass is 295 g/mol. The highest BCUT2D eigenvalue weighted by atomic mass is 79.9. The van der Waals surface area contributed by atoms with Gasteiger partial charge in [0.1, 0.15) is 11.5 Å². The molecule has 0 unspecified atom stereocenters. The Morgan fingerprint density at radius 1 is 1.35 bits per heavy atom. The molecule has 2 rings (SSSR count). The standard InChI is InChI=1S/C11H14BrN5/c1-6(2)9-8(12)10(13)16-11(15-9)7-4-14-5-17(7)3/h4-6H,1-3H3,(H2,13,15,16). The number of halogens is 1. The van der Waals surface area contributed by atoms with Gasteiger partial charge in [0.15, 0.2) is 5.82 Å². The summed E-state index contributed by atoms with van der Waals surface area (Å²) in [4.78, 5) is 12.9. The van der Waals surface area contributed by atoms with E-state index in [1.54, 1.807) is 12.5 Å². The first-order chi connectivity index (χ1) is 8.00. The zero-order valence-electron chi connectivity index (χ0n) is 9.98. The summed E-state index contributed by atoms with van der Waals surface area (Å²) in [6.45, 7) is 4.14. The van der Waals surface area contributed by atoms with Crippen molar-refractivity contribution in [3.63, 3.8) is 0 Å². The fourth-order valence-electron chi connectivity index (χ4n) is 1.55. The van der Waals surface area contributed by atoms with Crippen molar-refractivity contribution in [1.82, 2.24) is 19.5 Å². The summed E-state index contributed by atoms with van der Waals surface area (Å²) in [5, 5.41) is 0. The number of anilines is 1. The maximum atomic E-state index is 5.89. The average molecular weight is 296 g/mol. The number of nitrogens with zero attached hydrogens (tertiary/aromatic N) is 4. The van der Waals surface area contributed by atoms with E-state index in [2.05, 4.69) is 44.7 Å². The molecular weight excluding hydrogens is 282 g/mol. The van der Waals surface area contributed by atoms with Crippen LogP contribution in [0.5, 0.6) is 0 Å². The van der Waals surface area contributed by atoms with Gasteiger partial charge in [0.25, 0.3) is 0 Å². The predicted molar refractivity (Wildman–Crippen MR) is 70.4 cm³/mol. The Morgan fingerprint density at radius 3 is 2.59 bits per heavy atom. The molecule has 0 amide bonds. The number of hydrogen-bond acceptors (Lipinski definition) is 4. The second-order valence-corrected chi connectivity index (χ2v) is 4.97. The van der Waals surface area contributed by atoms with Crippen LogP contribution in [0, 0.1) is 0 Å². The highest BCUT2D eigenvalue weighted by Gasteiger charge is 2.15. The molecule has 0 saturated carbocycles. The lowest BCUT2D eigenvalue weighted by molar-refractivity contribution is 0.806. The lowest BCUT2D eigenvalue weighted by Gasteiger charge is -2.11. The Kier molecular flexibility index (Phi) is 3.15. The number of hydrogen-bond donors (Lipinski definition) is 1. The van der Waals surface area contributed by atoms with E-state index in [4.69, 9.17) is 5.73 Å². The molecule has 5 nitrogen and oxygen atoms in total. The summed E-state index contributed by atoms with van der Waals surface area (Å²) in [5.74, 6) is 1.34. The molecule has 0 aliphatic carbocycles. The number of rotatable bonds is 2. The van der Waals surface area contributed by atoms with Crippen LogP contribution in [0.25, 0.3) is 11.5 Å². The van der Waals surface area contributed by atoms with E-state index >= 15 is 0 Å². The van der Waals surface area contributed by atoms with E-state index in [-0.39, 0.29) is 5.92 Å². The summed E-state index contributed by atoms with van der Waals surface area (Å²) in [7, 11) is 1.90. The van der Waals surface area contributed by atoms with E-state index in [1.807, 2.05) is 11.6 Å². The van der Waals surface area contributed by atoms with Crippen molar-refractivity contribution >= 4 is 21.7 Å². The highest BCUT2D eigenvalue weighted by molar-refractivity contribution is 9.10. The van der Waals surface area contributed by atoms with E-state index < -0.39 is 0 Å². The molecule has 2 N–H and O–H groups in total. The zero-order chi connectivity index (χ0) is 12.6. The van der Waals surface area contributed by atoms with Gasteiger partial charge < -0.3 is 10.3 Å². The molecule has 0 saturated heterocycles. The third-order valence-corrected chi connectivity index (χ3v) is 3.31. The molecule has 0 aliphatic rings. The van der Waals surface area contributed by atoms with Crippen LogP contribution < -0.4 is 5.73 Å². The first-order valence-electron chi connectivity index (χ1n) is 5.30. The zero-order valence-corrected chi connectivity index (χ0v) is 11.6. The smallest absolute Gasteiger partial charge is 0.180 e. The quantitative estimate of drug-likeness (QED) is 0.923. The molecule has 2 heterocycles. The van der Waals surface area contributed by atoms with Crippen LogP contribution in [-0.4, -0.2) is 19.5 Å². The van der Waals surface area contributed by atoms with Gasteiger partial charge in [-0.25, -0.2) is 15.0 Å². The summed E-state index contributed by atoms with van der Waals surface area (Å²) < 4.78 is 2.64. The molecule has 0 aromatic carbocycles. The molecule has 0 spiro atoms. The van der Waals surface area contributed by atoms with Gasteiger partial charge in [-0.05, 0) is 21.8 Å². The lowest BCUT2D eigenvalue weighted by Crippen LogP contribution is -2.05. The SMILES string of the molecule is CC(C)c1nc(-c2cncn2C)nc(N)c1Br. The third kappa shape index (κ3) is 2.17. The third-order valence-electron chi connectivity index (χ3n) is 2.50. The number of nitrogens with two attached hydrogens (primary N) is 1. The Bertz CT molecular complexity index is 547. The Morgan fingerprint density at radius 2 is 2.06 bits per heavy atom. The Hall–Kier alpha value is -1.43. The van der Waals surface area contributed by atoms with Crippen LogP contribution in [0.1, 0.15) is 25.5 Å². The van der Waals surface area contributed by atoms with Crippen molar-refractivity contribution in [3.05, 3.63) is 22.7 Å². The van der Waals surface area contributed by atoms with Crippen molar-refractivity contribution in [2.75, 3.05) is 5.73 Å². The number of imidazole rings is 1. The molecule has 0 radical (unpaired) electrons. The number of nitrogen functional groups attached to an aromatic ring is 1. The van der Waals surface area contributed by atoms with Crippen molar-refractivity contribution in [2.45, 2.75) is 19.8 Å². The number of aromatic nitrogens is 4. The number of aryl methyl sites for hydroxylation is 1. The van der Waals surface area contributed by atoms with Crippen LogP contribution in [0.3, 0.4) is 0 Å². The molecule has 2 aromatic heterocycles. The normalized spacial score (nSPS) is 11.1. The van der Waals surface area contributed by atoms with Gasteiger partial charge in [0.05, 0.1) is 22.7 Å². The van der Waals surface area contributed by atoms with Gasteiger partial charge >= 0.3 is 0 Å². The molecule has 0 atom stereocenters. The van der Waals surface area contributed by atoms with Crippen molar-refractivity contribution in [3.8, 4) is 11.5 Å². The minimum absolute atomic E-state index is 0.279. The van der Waals surface area contributed by atoms with Gasteiger partial charge in [0, 0.05) is 7.05 Å². The summed E-state index contributed by atoms with van der Waals surface area (Å²) in [5.41, 5.74) is 7.65. The van der Waals surface area contributed by atoms with Crippen LogP contribution in [-0.2, 0) is 7.05 Å². The minimum atomic E-state index is 0.279. The van der Waals surface area contributed by atoms with Crippen LogP contribution in [0.4, 0.5) is 5.82 Å². The fourth-order valence-corrected chi connectivity index (χ4v) is 2.19. The Balaban J connectivity index is 2.61. The van der Waals surface area contributed by atoms with E-state index in [0.29, 0.717) is 11.6 Å². The van der Waals surface area contributed by atoms with E-state index in [1.165, 1.54) is 0 Å². The van der Waals surface area contributed by atoms with Gasteiger partial charge in [-0.3, -0.25) is 0 Å².